The number of esters is 1. The van der Waals surface area contributed by atoms with Gasteiger partial charge in [0.15, 0.2) is 0 Å². The number of hydrogen-bond donors (Lipinski definition) is 0. The van der Waals surface area contributed by atoms with Crippen molar-refractivity contribution in [3.05, 3.63) is 182 Å². The Morgan fingerprint density at radius 3 is 1.17 bits per heavy atom. The molecule has 1 aliphatic rings. The van der Waals surface area contributed by atoms with E-state index in [2.05, 4.69) is 154 Å². The number of carbonyl (C=O) groups excluding carboxylic acids is 3. The average molecular weight is 968 g/mol. The summed E-state index contributed by atoms with van der Waals surface area (Å²) in [4.78, 5) is 38.7. The molecule has 0 bridgehead atoms. The number of nitrogens with zero attached hydrogens (tertiary/aromatic N) is 1. The molecule has 8 heteroatoms. The number of imide groups is 1. The Kier molecular flexibility index (Phi) is 49.1. The molecule has 2 rings (SSSR count). The minimum absolute atomic E-state index is 0. The van der Waals surface area contributed by atoms with Gasteiger partial charge in [0, 0.05) is 5.92 Å². The van der Waals surface area contributed by atoms with Crippen LogP contribution in [0.5, 0.6) is 0 Å². The Hall–Kier alpha value is -4.53. The van der Waals surface area contributed by atoms with Crippen LogP contribution in [0.3, 0.4) is 0 Å². The minimum Gasteiger partial charge on any atom is -0.855 e. The van der Waals surface area contributed by atoms with E-state index < -0.39 is 12.2 Å². The SMILES string of the molecule is CC/C=C\C/C=C\C/C=C\C/C=C\C/C=C\C/C=C\C[C@@H](CC)C(=O)N1C(=O)OC(c2ccccc2)[C@H]1C.CC/C=C\C/C=C\C/C=C\C/C=C\C/C=C\C/C=C\C[C@@H](CC)C(=O)OCC.CC[O-].[Na+]. The van der Waals surface area contributed by atoms with Crippen molar-refractivity contribution in [2.45, 2.75) is 163 Å². The molecule has 1 heterocycles. The van der Waals surface area contributed by atoms with Gasteiger partial charge >= 0.3 is 41.6 Å². The van der Waals surface area contributed by atoms with Crippen LogP contribution in [0.2, 0.25) is 0 Å². The predicted octanol–water partition coefficient (Wildman–Crippen LogP) is 13.2. The second-order valence-electron chi connectivity index (χ2n) is 16.2. The zero-order chi connectivity index (χ0) is 50.8. The minimum atomic E-state index is -0.544. The summed E-state index contributed by atoms with van der Waals surface area (Å²) in [6.45, 7) is 14.1. The molecule has 1 aromatic carbocycles. The van der Waals surface area contributed by atoms with E-state index in [-0.39, 0.29) is 65.9 Å². The van der Waals surface area contributed by atoms with Crippen LogP contribution in [-0.2, 0) is 19.1 Å². The first-order chi connectivity index (χ1) is 33.8. The van der Waals surface area contributed by atoms with Crippen molar-refractivity contribution < 1.29 is 58.5 Å². The molecule has 2 amide bonds. The van der Waals surface area contributed by atoms with Crippen molar-refractivity contribution in [1.29, 1.82) is 0 Å². The molecule has 1 aliphatic heterocycles. The summed E-state index contributed by atoms with van der Waals surface area (Å²) in [6.07, 6.45) is 66.0. The Morgan fingerprint density at radius 1 is 0.543 bits per heavy atom. The van der Waals surface area contributed by atoms with E-state index in [1.165, 1.54) is 4.90 Å². The average Bonchev–Trinajstić information content (AvgIpc) is 3.66. The first-order valence-corrected chi connectivity index (χ1v) is 25.9. The van der Waals surface area contributed by atoms with E-state index >= 15 is 0 Å². The molecule has 380 valence electrons. The second kappa shape index (κ2) is 50.8. The molecule has 1 aromatic rings. The molecule has 0 radical (unpaired) electrons. The molecule has 0 spiro atoms. The number of ether oxygens (including phenoxy) is 2. The number of allylic oxidation sites excluding steroid dienone is 24. The normalized spacial score (nSPS) is 16.3. The topological polar surface area (TPSA) is 96.0 Å². The van der Waals surface area contributed by atoms with E-state index in [9.17, 15) is 14.4 Å². The fraction of sp³-hybridized carbons (Fsp3) is 0.468. The molecule has 7 nitrogen and oxygen atoms in total. The van der Waals surface area contributed by atoms with Gasteiger partial charge in [-0.1, -0.05) is 211 Å². The second-order valence-corrected chi connectivity index (χ2v) is 16.2. The number of carbonyl (C=O) groups is 3. The number of amides is 2. The number of benzene rings is 1. The fourth-order valence-corrected chi connectivity index (χ4v) is 6.74. The van der Waals surface area contributed by atoms with Gasteiger partial charge < -0.3 is 14.6 Å². The van der Waals surface area contributed by atoms with Crippen molar-refractivity contribution in [2.75, 3.05) is 13.2 Å². The molecular weight excluding hydrogens is 878 g/mol. The summed E-state index contributed by atoms with van der Waals surface area (Å²) in [5.74, 6) is -0.471. The summed E-state index contributed by atoms with van der Waals surface area (Å²) in [6, 6.07) is 9.28. The van der Waals surface area contributed by atoms with Crippen LogP contribution >= 0.6 is 0 Å². The number of hydrogen-bond acceptors (Lipinski definition) is 6. The van der Waals surface area contributed by atoms with Gasteiger partial charge in [-0.05, 0) is 122 Å². The molecule has 1 saturated heterocycles. The Labute approximate surface area is 448 Å². The smallest absolute Gasteiger partial charge is 0.855 e. The van der Waals surface area contributed by atoms with Crippen molar-refractivity contribution in [1.82, 2.24) is 4.90 Å². The molecule has 1 fully saturated rings. The van der Waals surface area contributed by atoms with E-state index in [1.807, 2.05) is 64.1 Å². The summed E-state index contributed by atoms with van der Waals surface area (Å²) in [7, 11) is 0. The molecule has 0 N–H and O–H groups in total. The zero-order valence-corrected chi connectivity index (χ0v) is 46.7. The largest absolute Gasteiger partial charge is 1.00 e. The van der Waals surface area contributed by atoms with Gasteiger partial charge in [0.1, 0.15) is 6.10 Å². The molecule has 0 saturated carbocycles. The maximum absolute atomic E-state index is 13.1. The van der Waals surface area contributed by atoms with E-state index in [4.69, 9.17) is 14.6 Å². The summed E-state index contributed by atoms with van der Waals surface area (Å²) in [5, 5.41) is 8.93. The van der Waals surface area contributed by atoms with Gasteiger partial charge in [0.2, 0.25) is 5.91 Å². The van der Waals surface area contributed by atoms with E-state index in [1.54, 1.807) is 6.92 Å². The summed E-state index contributed by atoms with van der Waals surface area (Å²) in [5.41, 5.74) is 0.911. The molecule has 70 heavy (non-hydrogen) atoms. The quantitative estimate of drug-likeness (QED) is 0.0405. The summed E-state index contributed by atoms with van der Waals surface area (Å²) < 4.78 is 10.6. The van der Waals surface area contributed by atoms with Crippen LogP contribution < -0.4 is 34.7 Å². The van der Waals surface area contributed by atoms with Crippen LogP contribution in [0.25, 0.3) is 0 Å². The molecule has 4 atom stereocenters. The number of rotatable bonds is 32. The van der Waals surface area contributed by atoms with Gasteiger partial charge in [0.05, 0.1) is 18.6 Å². The van der Waals surface area contributed by atoms with Crippen LogP contribution in [-0.4, -0.2) is 42.1 Å². The zero-order valence-electron chi connectivity index (χ0n) is 44.7. The molecule has 0 aromatic heterocycles. The van der Waals surface area contributed by atoms with Crippen LogP contribution in [0.4, 0.5) is 4.79 Å². The van der Waals surface area contributed by atoms with Crippen molar-refractivity contribution >= 4 is 18.0 Å². The molecule has 0 aliphatic carbocycles. The predicted molar refractivity (Wildman–Crippen MR) is 292 cm³/mol. The molecule has 1 unspecified atom stereocenters. The Bertz CT molecular complexity index is 1810. The van der Waals surface area contributed by atoms with Crippen LogP contribution in [0.1, 0.15) is 163 Å². The number of cyclic esters (lactones) is 1. The first kappa shape index (κ1) is 67.5. The van der Waals surface area contributed by atoms with Crippen LogP contribution in [0.15, 0.2) is 176 Å². The molecular formula is C62H90NNaO6. The van der Waals surface area contributed by atoms with Gasteiger partial charge in [-0.25, -0.2) is 9.69 Å². The van der Waals surface area contributed by atoms with E-state index in [0.717, 1.165) is 95.5 Å². The van der Waals surface area contributed by atoms with Crippen molar-refractivity contribution in [2.24, 2.45) is 11.8 Å². The first-order valence-electron chi connectivity index (χ1n) is 25.9. The van der Waals surface area contributed by atoms with Gasteiger partial charge in [-0.2, -0.15) is 0 Å². The maximum Gasteiger partial charge on any atom is 1.00 e. The third-order valence-electron chi connectivity index (χ3n) is 10.6. The van der Waals surface area contributed by atoms with Crippen molar-refractivity contribution in [3.8, 4) is 0 Å². The van der Waals surface area contributed by atoms with Gasteiger partial charge in [0.25, 0.3) is 0 Å². The van der Waals surface area contributed by atoms with E-state index in [0.29, 0.717) is 19.4 Å². The third kappa shape index (κ3) is 36.4. The Balaban J connectivity index is 0. The summed E-state index contributed by atoms with van der Waals surface area (Å²) >= 11 is 0. The standard InChI is InChI=1S/C34H45NO3.C26H40O2.C2H5O.Na/c1-4-6-7-8-9-10-11-12-13-14-15-16-17-18-19-20-21-23-26-30(5-2)33(36)35-29(3)32(38-34(35)37)31-27-24-22-25-28-31;1-4-7-8-9-10-11-12-13-14-15-16-17-18-19-20-21-22-23-24-25(5-2)26(27)28-6-3;1-2-3;/h6-7,9-10,12-13,15-16,18-19,21-25,27-30,32H,4-5,8,11,14,17,20,26H2,1-3H3;7-8,10-11,13-14,16-17,19-20,22-23,25H,4-6,9,12,15,18,21,24H2,1-3H3;2H2,1H3;/q;;-1;+1/b7-6-,10-9-,13-12-,16-15-,19-18-,23-21-;8-7-,11-10-,14-13-,17-16-,20-19-,23-22-;;/t29-,30-,32?;25-;;/m11../s1. The van der Waals surface area contributed by atoms with Gasteiger partial charge in [-0.3, -0.25) is 9.59 Å². The Morgan fingerprint density at radius 2 is 0.857 bits per heavy atom. The van der Waals surface area contributed by atoms with Crippen molar-refractivity contribution in [3.63, 3.8) is 0 Å². The van der Waals surface area contributed by atoms with Gasteiger partial charge in [-0.15, -0.1) is 6.61 Å². The third-order valence-corrected chi connectivity index (χ3v) is 10.6. The van der Waals surface area contributed by atoms with Crippen LogP contribution in [0, 0.1) is 11.8 Å². The maximum atomic E-state index is 13.1. The fourth-order valence-electron chi connectivity index (χ4n) is 6.74. The monoisotopic (exact) mass is 968 g/mol.